The van der Waals surface area contributed by atoms with Crippen LogP contribution in [0.2, 0.25) is 0 Å². The summed E-state index contributed by atoms with van der Waals surface area (Å²) in [6, 6.07) is 23.2. The van der Waals surface area contributed by atoms with E-state index in [9.17, 15) is 25.9 Å². The third kappa shape index (κ3) is 6.65. The summed E-state index contributed by atoms with van der Waals surface area (Å²) in [5, 5.41) is 0.693. The number of anilines is 1. The van der Waals surface area contributed by atoms with Gasteiger partial charge in [-0.1, -0.05) is 59.9 Å². The van der Waals surface area contributed by atoms with Crippen LogP contribution in [0.25, 0.3) is 27.4 Å². The molecule has 1 aromatic heterocycles. The molecule has 5 rings (SSSR count). The molecule has 2 heterocycles. The number of nitrogens with zero attached hydrogens (tertiary/aromatic N) is 2. The molecule has 0 spiro atoms. The van der Waals surface area contributed by atoms with Gasteiger partial charge >= 0.3 is 0 Å². The average molecular weight is 586 g/mol. The number of benzene rings is 3. The fourth-order valence-corrected chi connectivity index (χ4v) is 6.58. The highest BCUT2D eigenvalue weighted by atomic mass is 32.2. The zero-order chi connectivity index (χ0) is 27.6. The molecule has 1 aliphatic rings. The molecular formula is C27H25N2O7S3-. The molecule has 0 aliphatic carbocycles. The van der Waals surface area contributed by atoms with Gasteiger partial charge in [-0.25, -0.2) is 16.8 Å². The molecule has 204 valence electrons. The molecular weight excluding hydrogens is 561 g/mol. The Morgan fingerprint density at radius 1 is 0.846 bits per heavy atom. The maximum atomic E-state index is 11.4. The number of fused-ring (bicyclic) bond motifs is 2. The van der Waals surface area contributed by atoms with Gasteiger partial charge in [-0.3, -0.25) is 0 Å². The zero-order valence-electron chi connectivity index (χ0n) is 20.7. The monoisotopic (exact) mass is 585 g/mol. The standard InChI is InChI=1S/C27H26N2O7S3/c30-38(31,32)16-7-6-14-28-23-18-21(20-8-2-1-3-9-20)12-13-24(23)36-26(28)19-27-29(15-17-39(33,34)35)22-10-4-5-11-25(22)37-27/h1-5,8-13,18-19H,6-7,14-17H2,(H-,30,31,32,33,34,35)/p-1. The SMILES string of the molecule is O=S(=O)([O-])CCCCN1/C(=C/c2sc3ccccc3[n+]2CCS(=O)(=O)[O-])Oc2ccc(-c3ccccc3)cc21. The van der Waals surface area contributed by atoms with E-state index < -0.39 is 31.7 Å². The second-order valence-electron chi connectivity index (χ2n) is 9.08. The fourth-order valence-electron chi connectivity index (χ4n) is 4.50. The van der Waals surface area contributed by atoms with Crippen LogP contribution in [0.15, 0.2) is 78.7 Å². The van der Waals surface area contributed by atoms with Crippen LogP contribution in [-0.4, -0.2) is 44.0 Å². The van der Waals surface area contributed by atoms with E-state index in [1.807, 2.05) is 77.7 Å². The molecule has 0 atom stereocenters. The Morgan fingerprint density at radius 3 is 2.31 bits per heavy atom. The summed E-state index contributed by atoms with van der Waals surface area (Å²) < 4.78 is 76.5. The van der Waals surface area contributed by atoms with E-state index in [-0.39, 0.29) is 13.0 Å². The fraction of sp³-hybridized carbons (Fsp3) is 0.222. The lowest BCUT2D eigenvalue weighted by atomic mass is 10.0. The van der Waals surface area contributed by atoms with Gasteiger partial charge in [0.2, 0.25) is 11.4 Å². The number of aromatic nitrogens is 1. The van der Waals surface area contributed by atoms with Gasteiger partial charge in [-0.05, 0) is 42.2 Å². The zero-order valence-corrected chi connectivity index (χ0v) is 23.2. The topological polar surface area (TPSA) is 131 Å². The lowest BCUT2D eigenvalue weighted by Crippen LogP contribution is -2.38. The van der Waals surface area contributed by atoms with Gasteiger partial charge in [0, 0.05) is 18.4 Å². The van der Waals surface area contributed by atoms with Crippen molar-refractivity contribution >= 4 is 53.6 Å². The molecule has 9 nitrogen and oxygen atoms in total. The normalized spacial score (nSPS) is 14.6. The van der Waals surface area contributed by atoms with E-state index in [0.29, 0.717) is 29.6 Å². The minimum Gasteiger partial charge on any atom is -0.748 e. The van der Waals surface area contributed by atoms with E-state index in [4.69, 9.17) is 4.74 Å². The number of hydrogen-bond acceptors (Lipinski definition) is 9. The van der Waals surface area contributed by atoms with Crippen LogP contribution >= 0.6 is 11.3 Å². The predicted molar refractivity (Wildman–Crippen MR) is 148 cm³/mol. The summed E-state index contributed by atoms with van der Waals surface area (Å²) in [6.07, 6.45) is 2.43. The molecule has 39 heavy (non-hydrogen) atoms. The summed E-state index contributed by atoms with van der Waals surface area (Å²) in [7, 11) is -8.74. The van der Waals surface area contributed by atoms with Gasteiger partial charge in [0.15, 0.2) is 12.3 Å². The summed E-state index contributed by atoms with van der Waals surface area (Å²) in [4.78, 5) is 1.93. The Kier molecular flexibility index (Phi) is 7.74. The Hall–Kier alpha value is -3.29. The Bertz CT molecular complexity index is 1750. The van der Waals surface area contributed by atoms with Crippen LogP contribution in [-0.2, 0) is 26.8 Å². The lowest BCUT2D eigenvalue weighted by Gasteiger charge is -2.19. The van der Waals surface area contributed by atoms with Crippen molar-refractivity contribution in [1.29, 1.82) is 0 Å². The highest BCUT2D eigenvalue weighted by Crippen LogP contribution is 2.42. The van der Waals surface area contributed by atoms with Gasteiger partial charge in [-0.15, -0.1) is 0 Å². The van der Waals surface area contributed by atoms with Crippen molar-refractivity contribution in [2.45, 2.75) is 19.4 Å². The number of hydrogen-bond donors (Lipinski definition) is 0. The molecule has 3 aromatic carbocycles. The quantitative estimate of drug-likeness (QED) is 0.155. The summed E-state index contributed by atoms with van der Waals surface area (Å²) in [5.41, 5.74) is 3.59. The first-order valence-corrected chi connectivity index (χ1v) is 16.2. The smallest absolute Gasteiger partial charge is 0.268 e. The number of para-hydroxylation sites is 1. The molecule has 1 aliphatic heterocycles. The van der Waals surface area contributed by atoms with E-state index >= 15 is 0 Å². The Morgan fingerprint density at radius 2 is 1.56 bits per heavy atom. The number of thiazole rings is 1. The van der Waals surface area contributed by atoms with Crippen molar-refractivity contribution in [2.75, 3.05) is 23.0 Å². The van der Waals surface area contributed by atoms with Gasteiger partial charge in [-0.2, -0.15) is 4.57 Å². The van der Waals surface area contributed by atoms with Crippen LogP contribution in [0.3, 0.4) is 0 Å². The summed E-state index contributed by atoms with van der Waals surface area (Å²) >= 11 is 1.44. The highest BCUT2D eigenvalue weighted by Gasteiger charge is 2.29. The van der Waals surface area contributed by atoms with Gasteiger partial charge in [0.05, 0.1) is 27.6 Å². The van der Waals surface area contributed by atoms with E-state index in [0.717, 1.165) is 27.0 Å². The van der Waals surface area contributed by atoms with Gasteiger partial charge in [0.1, 0.15) is 14.8 Å². The predicted octanol–water partition coefficient (Wildman–Crippen LogP) is 3.92. The van der Waals surface area contributed by atoms with Gasteiger partial charge in [0.25, 0.3) is 5.01 Å². The maximum absolute atomic E-state index is 11.4. The van der Waals surface area contributed by atoms with E-state index in [1.54, 1.807) is 10.6 Å². The minimum absolute atomic E-state index is 0.0125. The third-order valence-corrected chi connectivity index (χ3v) is 8.90. The molecule has 0 radical (unpaired) electrons. The number of ether oxygens (including phenoxy) is 1. The van der Waals surface area contributed by atoms with Crippen LogP contribution in [0.1, 0.15) is 17.8 Å². The maximum Gasteiger partial charge on any atom is 0.268 e. The second kappa shape index (κ2) is 11.1. The van der Waals surface area contributed by atoms with Crippen molar-refractivity contribution in [3.63, 3.8) is 0 Å². The van der Waals surface area contributed by atoms with E-state index in [2.05, 4.69) is 0 Å². The van der Waals surface area contributed by atoms with Crippen molar-refractivity contribution < 1.29 is 35.2 Å². The molecule has 0 saturated heterocycles. The molecule has 0 unspecified atom stereocenters. The number of aryl methyl sites for hydroxylation is 1. The Labute approximate surface area is 231 Å². The molecule has 12 heteroatoms. The van der Waals surface area contributed by atoms with Crippen LogP contribution in [0, 0.1) is 0 Å². The largest absolute Gasteiger partial charge is 0.748 e. The highest BCUT2D eigenvalue weighted by molar-refractivity contribution is 7.85. The molecule has 0 N–H and O–H groups in total. The van der Waals surface area contributed by atoms with Crippen molar-refractivity contribution in [3.05, 3.63) is 83.7 Å². The molecule has 4 aromatic rings. The first-order chi connectivity index (χ1) is 18.6. The third-order valence-electron chi connectivity index (χ3n) is 6.31. The van der Waals surface area contributed by atoms with Crippen molar-refractivity contribution in [3.8, 4) is 16.9 Å². The van der Waals surface area contributed by atoms with Crippen molar-refractivity contribution in [2.24, 2.45) is 0 Å². The molecule has 0 amide bonds. The van der Waals surface area contributed by atoms with E-state index in [1.165, 1.54) is 11.3 Å². The van der Waals surface area contributed by atoms with Crippen LogP contribution in [0.5, 0.6) is 5.75 Å². The molecule has 0 bridgehead atoms. The second-order valence-corrected chi connectivity index (χ2v) is 13.2. The number of rotatable bonds is 10. The summed E-state index contributed by atoms with van der Waals surface area (Å²) in [6.45, 7) is 0.383. The average Bonchev–Trinajstić information content (AvgIpc) is 3.41. The minimum atomic E-state index is -4.43. The lowest BCUT2D eigenvalue weighted by molar-refractivity contribution is -0.664. The molecule has 0 fully saturated rings. The van der Waals surface area contributed by atoms with Crippen molar-refractivity contribution in [1.82, 2.24) is 0 Å². The Balaban J connectivity index is 1.53. The van der Waals surface area contributed by atoms with Gasteiger partial charge < -0.3 is 18.7 Å². The number of unbranched alkanes of at least 4 members (excludes halogenated alkanes) is 1. The van der Waals surface area contributed by atoms with Crippen LogP contribution < -0.4 is 14.2 Å². The van der Waals surface area contributed by atoms with Crippen LogP contribution in [0.4, 0.5) is 5.69 Å². The summed E-state index contributed by atoms with van der Waals surface area (Å²) in [5.74, 6) is 0.0962. The first-order valence-electron chi connectivity index (χ1n) is 12.2. The molecule has 0 saturated carbocycles. The first kappa shape index (κ1) is 27.3.